The molecule has 0 aliphatic rings. The van der Waals surface area contributed by atoms with Crippen molar-refractivity contribution >= 4 is 22.1 Å². The van der Waals surface area contributed by atoms with E-state index in [4.69, 9.17) is 21.1 Å². The summed E-state index contributed by atoms with van der Waals surface area (Å²) in [7, 11) is 1.00. The van der Waals surface area contributed by atoms with Gasteiger partial charge in [0.1, 0.15) is 11.0 Å². The Labute approximate surface area is 270 Å². The SMILES string of the molecule is CC.CC.CC[C@@H](CO)NCc1c[nH]c2c(=O)[nH]cnc12.CO.NCc1c[nH]c2c(=O)[nH]cnc12.OCCCCc1ccccc1. The van der Waals surface area contributed by atoms with Gasteiger partial charge in [-0.2, -0.15) is 0 Å². The van der Waals surface area contributed by atoms with Crippen molar-refractivity contribution in [3.8, 4) is 0 Å². The Balaban J connectivity index is 0.000000623. The van der Waals surface area contributed by atoms with Gasteiger partial charge in [-0.1, -0.05) is 65.0 Å². The van der Waals surface area contributed by atoms with Gasteiger partial charge in [-0.25, -0.2) is 9.97 Å². The quantitative estimate of drug-likeness (QED) is 0.102. The number of benzene rings is 1. The van der Waals surface area contributed by atoms with E-state index >= 15 is 0 Å². The molecule has 0 aliphatic carbocycles. The Morgan fingerprint density at radius 3 is 1.80 bits per heavy atom. The van der Waals surface area contributed by atoms with Gasteiger partial charge in [0.2, 0.25) is 0 Å². The van der Waals surface area contributed by atoms with Crippen LogP contribution in [0.2, 0.25) is 0 Å². The van der Waals surface area contributed by atoms with Gasteiger partial charge in [-0.05, 0) is 31.2 Å². The Morgan fingerprint density at radius 2 is 1.33 bits per heavy atom. The molecule has 13 heteroatoms. The van der Waals surface area contributed by atoms with E-state index in [0.717, 1.165) is 43.9 Å². The second-order valence-electron chi connectivity index (χ2n) is 9.08. The van der Waals surface area contributed by atoms with Gasteiger partial charge in [-0.3, -0.25) is 9.59 Å². The highest BCUT2D eigenvalue weighted by Crippen LogP contribution is 2.11. The first kappa shape index (κ1) is 41.9. The van der Waals surface area contributed by atoms with Crippen LogP contribution < -0.4 is 22.2 Å². The van der Waals surface area contributed by atoms with Gasteiger partial charge in [0.15, 0.2) is 0 Å². The minimum absolute atomic E-state index is 0.0712. The monoisotopic (exact) mass is 642 g/mol. The number of nitrogens with two attached hydrogens (primary N) is 1. The van der Waals surface area contributed by atoms with E-state index < -0.39 is 0 Å². The third-order valence-electron chi connectivity index (χ3n) is 6.33. The Hall–Kier alpha value is -4.14. The summed E-state index contributed by atoms with van der Waals surface area (Å²) < 4.78 is 0. The molecule has 5 rings (SSSR count). The van der Waals surface area contributed by atoms with Crippen LogP contribution in [-0.2, 0) is 19.5 Å². The number of rotatable bonds is 10. The third kappa shape index (κ3) is 13.9. The zero-order valence-corrected chi connectivity index (χ0v) is 28.1. The molecule has 0 amide bonds. The molecule has 5 aromatic rings. The number of aryl methyl sites for hydroxylation is 1. The lowest BCUT2D eigenvalue weighted by atomic mass is 10.1. The first-order valence-electron chi connectivity index (χ1n) is 15.7. The maximum atomic E-state index is 11.5. The van der Waals surface area contributed by atoms with Crippen LogP contribution in [0.25, 0.3) is 22.1 Å². The van der Waals surface area contributed by atoms with Gasteiger partial charge in [0.25, 0.3) is 11.1 Å². The molecule has 0 fully saturated rings. The van der Waals surface area contributed by atoms with Crippen molar-refractivity contribution in [3.05, 3.63) is 92.8 Å². The molecule has 0 radical (unpaired) electrons. The number of aliphatic hydroxyl groups excluding tert-OH is 3. The number of H-pyrrole nitrogens is 4. The molecule has 46 heavy (non-hydrogen) atoms. The normalized spacial score (nSPS) is 10.4. The van der Waals surface area contributed by atoms with Crippen LogP contribution in [0.5, 0.6) is 0 Å². The number of aromatic amines is 4. The van der Waals surface area contributed by atoms with Gasteiger partial charge < -0.3 is 46.3 Å². The molecule has 10 N–H and O–H groups in total. The van der Waals surface area contributed by atoms with E-state index in [0.29, 0.717) is 41.8 Å². The van der Waals surface area contributed by atoms with Crippen LogP contribution in [0, 0.1) is 0 Å². The van der Waals surface area contributed by atoms with Crippen LogP contribution in [0.15, 0.2) is 65.0 Å². The lowest BCUT2D eigenvalue weighted by Gasteiger charge is -2.12. The fourth-order valence-electron chi connectivity index (χ4n) is 3.98. The predicted molar refractivity (Wildman–Crippen MR) is 187 cm³/mol. The van der Waals surface area contributed by atoms with Crippen molar-refractivity contribution in [2.75, 3.05) is 20.3 Å². The molecule has 0 aliphatic heterocycles. The number of hydrogen-bond donors (Lipinski definition) is 9. The molecular formula is C33H54N8O5. The van der Waals surface area contributed by atoms with Crippen LogP contribution >= 0.6 is 0 Å². The summed E-state index contributed by atoms with van der Waals surface area (Å²) in [6.45, 7) is 11.4. The molecule has 1 aromatic carbocycles. The first-order valence-corrected chi connectivity index (χ1v) is 15.7. The molecule has 4 aromatic heterocycles. The van der Waals surface area contributed by atoms with E-state index in [1.165, 1.54) is 18.2 Å². The van der Waals surface area contributed by atoms with Crippen molar-refractivity contribution < 1.29 is 15.3 Å². The highest BCUT2D eigenvalue weighted by Gasteiger charge is 2.09. The average molecular weight is 643 g/mol. The highest BCUT2D eigenvalue weighted by molar-refractivity contribution is 5.78. The Kier molecular flexibility index (Phi) is 23.8. The standard InChI is InChI=1S/C11H16N4O2.C10H14O.C7H8N4O.2C2H6.CH4O/c1-2-8(5-16)12-3-7-4-13-10-9(7)14-6-15-11(10)17;11-9-5-4-8-10-6-2-1-3-7-10;8-1-4-2-9-6-5(4)10-3-11-7(6)12;3*1-2/h4,6,8,12-13,16H,2-3,5H2,1H3,(H,14,15,17);1-3,6-7,11H,4-5,8-9H2;2-3,9H,1,8H2,(H,10,11,12);2*1-2H3;2H,1H3/t8-;;;;;/m0...../s1. The number of nitrogens with one attached hydrogen (secondary N) is 5. The van der Waals surface area contributed by atoms with Crippen LogP contribution in [0.1, 0.15) is 70.6 Å². The minimum atomic E-state index is -0.171. The number of unbranched alkanes of at least 4 members (excludes halogenated alkanes) is 1. The van der Waals surface area contributed by atoms with E-state index in [-0.39, 0.29) is 23.8 Å². The van der Waals surface area contributed by atoms with E-state index in [2.05, 4.69) is 47.4 Å². The fourth-order valence-corrected chi connectivity index (χ4v) is 3.98. The van der Waals surface area contributed by atoms with Crippen molar-refractivity contribution in [2.45, 2.75) is 79.4 Å². The van der Waals surface area contributed by atoms with E-state index in [1.54, 1.807) is 12.4 Å². The molecule has 0 saturated carbocycles. The van der Waals surface area contributed by atoms with Crippen molar-refractivity contribution in [3.63, 3.8) is 0 Å². The van der Waals surface area contributed by atoms with Gasteiger partial charge >= 0.3 is 0 Å². The fraction of sp³-hybridized carbons (Fsp3) is 0.455. The summed E-state index contributed by atoms with van der Waals surface area (Å²) in [5, 5.41) is 27.8. The van der Waals surface area contributed by atoms with Crippen LogP contribution in [-0.4, -0.2) is 71.6 Å². The maximum Gasteiger partial charge on any atom is 0.275 e. The lowest BCUT2D eigenvalue weighted by molar-refractivity contribution is 0.238. The summed E-state index contributed by atoms with van der Waals surface area (Å²) in [5.74, 6) is 0. The lowest BCUT2D eigenvalue weighted by Crippen LogP contribution is -2.31. The zero-order valence-electron chi connectivity index (χ0n) is 28.1. The molecule has 4 heterocycles. The second kappa shape index (κ2) is 26.1. The molecule has 0 saturated heterocycles. The third-order valence-corrected chi connectivity index (χ3v) is 6.33. The Bertz CT molecular complexity index is 1540. The number of aliphatic hydroxyl groups is 3. The number of aromatic nitrogens is 6. The molecule has 256 valence electrons. The summed E-state index contributed by atoms with van der Waals surface area (Å²) in [6.07, 6.45) is 10.2. The molecule has 0 spiro atoms. The van der Waals surface area contributed by atoms with Crippen molar-refractivity contribution in [1.29, 1.82) is 0 Å². The van der Waals surface area contributed by atoms with Crippen molar-refractivity contribution in [1.82, 2.24) is 35.2 Å². The zero-order chi connectivity index (χ0) is 34.7. The maximum absolute atomic E-state index is 11.5. The van der Waals surface area contributed by atoms with E-state index in [1.807, 2.05) is 52.8 Å². The molecular weight excluding hydrogens is 588 g/mol. The topological polar surface area (TPSA) is 222 Å². The first-order chi connectivity index (χ1) is 22.5. The smallest absolute Gasteiger partial charge is 0.275 e. The van der Waals surface area contributed by atoms with Gasteiger partial charge in [0.05, 0.1) is 30.3 Å². The number of fused-ring (bicyclic) bond motifs is 2. The molecule has 13 nitrogen and oxygen atoms in total. The van der Waals surface area contributed by atoms with Crippen LogP contribution in [0.4, 0.5) is 0 Å². The summed E-state index contributed by atoms with van der Waals surface area (Å²) in [5.41, 5.74) is 10.5. The van der Waals surface area contributed by atoms with Crippen LogP contribution in [0.3, 0.4) is 0 Å². The summed E-state index contributed by atoms with van der Waals surface area (Å²) in [4.78, 5) is 41.5. The predicted octanol–water partition coefficient (Wildman–Crippen LogP) is 3.48. The summed E-state index contributed by atoms with van der Waals surface area (Å²) in [6, 6.07) is 10.4. The molecule has 1 atom stereocenters. The van der Waals surface area contributed by atoms with Gasteiger partial charge in [-0.15, -0.1) is 0 Å². The summed E-state index contributed by atoms with van der Waals surface area (Å²) >= 11 is 0. The molecule has 0 unspecified atom stereocenters. The highest BCUT2D eigenvalue weighted by atomic mass is 16.3. The average Bonchev–Trinajstić information content (AvgIpc) is 3.75. The molecule has 0 bridgehead atoms. The Morgan fingerprint density at radius 1 is 0.804 bits per heavy atom. The number of hydrogen-bond acceptors (Lipinski definition) is 9. The van der Waals surface area contributed by atoms with Gasteiger partial charge in [0, 0.05) is 56.4 Å². The minimum Gasteiger partial charge on any atom is -0.400 e. The van der Waals surface area contributed by atoms with Crippen molar-refractivity contribution in [2.24, 2.45) is 5.73 Å². The number of nitrogens with zero attached hydrogens (tertiary/aromatic N) is 2. The second-order valence-corrected chi connectivity index (χ2v) is 9.08. The largest absolute Gasteiger partial charge is 0.400 e. The van der Waals surface area contributed by atoms with E-state index in [9.17, 15) is 9.59 Å².